The van der Waals surface area contributed by atoms with Crippen molar-refractivity contribution in [1.29, 1.82) is 0 Å². The van der Waals surface area contributed by atoms with Gasteiger partial charge in [0.25, 0.3) is 0 Å². The third-order valence-corrected chi connectivity index (χ3v) is 4.89. The van der Waals surface area contributed by atoms with Gasteiger partial charge in [0, 0.05) is 5.69 Å². The molecule has 0 bridgehead atoms. The van der Waals surface area contributed by atoms with E-state index < -0.39 is 17.2 Å². The van der Waals surface area contributed by atoms with E-state index in [1.54, 1.807) is 6.92 Å². The predicted octanol–water partition coefficient (Wildman–Crippen LogP) is 3.10. The Balaban J connectivity index is 1.99. The van der Waals surface area contributed by atoms with Crippen LogP contribution in [0.4, 0.5) is 4.79 Å². The Morgan fingerprint density at radius 1 is 1.22 bits per heavy atom. The number of thioether (sulfide) groups is 1. The average molecular weight is 384 g/mol. The zero-order valence-corrected chi connectivity index (χ0v) is 15.8. The predicted molar refractivity (Wildman–Crippen MR) is 105 cm³/mol. The van der Waals surface area contributed by atoms with Gasteiger partial charge in [0.05, 0.1) is 22.9 Å². The number of imidazole rings is 1. The first-order valence-electron chi connectivity index (χ1n) is 8.47. The number of primary amides is 1. The van der Waals surface area contributed by atoms with Gasteiger partial charge < -0.3 is 10.5 Å². The molecule has 0 fully saturated rings. The molecule has 140 valence electrons. The molecule has 1 aromatic heterocycles. The quantitative estimate of drug-likeness (QED) is 0.636. The van der Waals surface area contributed by atoms with Crippen LogP contribution in [-0.2, 0) is 4.79 Å². The maximum atomic E-state index is 12.1. The van der Waals surface area contributed by atoms with Crippen LogP contribution in [0.1, 0.15) is 13.8 Å². The molecule has 0 spiro atoms. The SMILES string of the molecule is CCOc1ccc(-n2c(S[C@H](C)C(=O)NC(N)=O)nc3ccccc32)cc1. The molecule has 0 aliphatic rings. The lowest BCUT2D eigenvalue weighted by atomic mass is 10.2. The number of carbonyl (C=O) groups excluding carboxylic acids is 2. The van der Waals surface area contributed by atoms with Gasteiger partial charge in [-0.15, -0.1) is 0 Å². The first-order valence-corrected chi connectivity index (χ1v) is 9.35. The Labute approximate surface area is 160 Å². The van der Waals surface area contributed by atoms with Crippen LogP contribution >= 0.6 is 11.8 Å². The minimum Gasteiger partial charge on any atom is -0.494 e. The van der Waals surface area contributed by atoms with Gasteiger partial charge in [0.1, 0.15) is 5.75 Å². The highest BCUT2D eigenvalue weighted by molar-refractivity contribution is 8.00. The number of rotatable bonds is 6. The van der Waals surface area contributed by atoms with Crippen LogP contribution < -0.4 is 15.8 Å². The van der Waals surface area contributed by atoms with E-state index in [1.807, 2.05) is 60.0 Å². The molecule has 3 aromatic rings. The van der Waals surface area contributed by atoms with Crippen molar-refractivity contribution in [2.24, 2.45) is 5.73 Å². The van der Waals surface area contributed by atoms with E-state index in [1.165, 1.54) is 11.8 Å². The van der Waals surface area contributed by atoms with E-state index in [0.29, 0.717) is 11.8 Å². The van der Waals surface area contributed by atoms with Crippen molar-refractivity contribution in [1.82, 2.24) is 14.9 Å². The molecule has 2 aromatic carbocycles. The van der Waals surface area contributed by atoms with E-state index in [4.69, 9.17) is 10.5 Å². The van der Waals surface area contributed by atoms with Gasteiger partial charge in [-0.3, -0.25) is 14.7 Å². The molecule has 3 N–H and O–H groups in total. The highest BCUT2D eigenvalue weighted by atomic mass is 32.2. The molecule has 0 unspecified atom stereocenters. The van der Waals surface area contributed by atoms with Crippen molar-refractivity contribution >= 4 is 34.7 Å². The van der Waals surface area contributed by atoms with Crippen molar-refractivity contribution in [3.63, 3.8) is 0 Å². The molecule has 0 aliphatic carbocycles. The zero-order chi connectivity index (χ0) is 19.4. The van der Waals surface area contributed by atoms with Crippen LogP contribution in [-0.4, -0.2) is 33.3 Å². The fraction of sp³-hybridized carbons (Fsp3) is 0.211. The molecular formula is C19H20N4O3S. The van der Waals surface area contributed by atoms with Gasteiger partial charge >= 0.3 is 6.03 Å². The number of benzene rings is 2. The number of nitrogens with zero attached hydrogens (tertiary/aromatic N) is 2. The van der Waals surface area contributed by atoms with Crippen LogP contribution in [0.2, 0.25) is 0 Å². The van der Waals surface area contributed by atoms with Gasteiger partial charge in [-0.2, -0.15) is 0 Å². The number of aromatic nitrogens is 2. The highest BCUT2D eigenvalue weighted by Gasteiger charge is 2.21. The molecule has 0 saturated heterocycles. The number of nitrogens with two attached hydrogens (primary N) is 1. The Hall–Kier alpha value is -3.00. The summed E-state index contributed by atoms with van der Waals surface area (Å²) in [5.74, 6) is 0.326. The standard InChI is InChI=1S/C19H20N4O3S/c1-3-26-14-10-8-13(9-11-14)23-16-7-5-4-6-15(16)21-19(23)27-12(2)17(24)22-18(20)25/h4-12H,3H2,1-2H3,(H3,20,22,24,25)/t12-/m1/s1. The minimum atomic E-state index is -0.868. The van der Waals surface area contributed by atoms with Gasteiger partial charge in [-0.05, 0) is 50.2 Å². The van der Waals surface area contributed by atoms with Crippen LogP contribution in [0, 0.1) is 0 Å². The summed E-state index contributed by atoms with van der Waals surface area (Å²) >= 11 is 1.26. The zero-order valence-electron chi connectivity index (χ0n) is 15.0. The van der Waals surface area contributed by atoms with Crippen molar-refractivity contribution in [2.45, 2.75) is 24.3 Å². The lowest BCUT2D eigenvalue weighted by Gasteiger charge is -2.13. The van der Waals surface area contributed by atoms with E-state index >= 15 is 0 Å². The van der Waals surface area contributed by atoms with Gasteiger partial charge in [-0.1, -0.05) is 23.9 Å². The summed E-state index contributed by atoms with van der Waals surface area (Å²) < 4.78 is 7.48. The molecule has 3 rings (SSSR count). The molecular weight excluding hydrogens is 364 g/mol. The topological polar surface area (TPSA) is 99.2 Å². The molecule has 7 nitrogen and oxygen atoms in total. The number of hydrogen-bond acceptors (Lipinski definition) is 5. The number of fused-ring (bicyclic) bond motifs is 1. The highest BCUT2D eigenvalue weighted by Crippen LogP contribution is 2.31. The summed E-state index contributed by atoms with van der Waals surface area (Å²) in [7, 11) is 0. The van der Waals surface area contributed by atoms with Crippen LogP contribution in [0.25, 0.3) is 16.7 Å². The average Bonchev–Trinajstić information content (AvgIpc) is 3.00. The number of hydrogen-bond donors (Lipinski definition) is 2. The van der Waals surface area contributed by atoms with Crippen molar-refractivity contribution in [3.8, 4) is 11.4 Å². The normalized spacial score (nSPS) is 11.9. The van der Waals surface area contributed by atoms with Crippen molar-refractivity contribution in [3.05, 3.63) is 48.5 Å². The maximum absolute atomic E-state index is 12.1. The second-order valence-corrected chi connectivity index (χ2v) is 7.07. The summed E-state index contributed by atoms with van der Waals surface area (Å²) in [4.78, 5) is 27.6. The number of carbonyl (C=O) groups is 2. The van der Waals surface area contributed by atoms with E-state index in [0.717, 1.165) is 22.5 Å². The lowest BCUT2D eigenvalue weighted by molar-refractivity contribution is -0.119. The molecule has 0 radical (unpaired) electrons. The Bertz CT molecular complexity index is 969. The van der Waals surface area contributed by atoms with Crippen LogP contribution in [0.5, 0.6) is 5.75 Å². The van der Waals surface area contributed by atoms with E-state index in [-0.39, 0.29) is 0 Å². The van der Waals surface area contributed by atoms with Gasteiger partial charge in [-0.25, -0.2) is 9.78 Å². The second-order valence-electron chi connectivity index (χ2n) is 5.76. The second kappa shape index (κ2) is 8.13. The first-order chi connectivity index (χ1) is 13.0. The summed E-state index contributed by atoms with van der Waals surface area (Å²) in [6.07, 6.45) is 0. The third kappa shape index (κ3) is 4.22. The molecule has 3 amide bonds. The molecule has 0 saturated carbocycles. The summed E-state index contributed by atoms with van der Waals surface area (Å²) in [6.45, 7) is 4.23. The van der Waals surface area contributed by atoms with Gasteiger partial charge in [0.15, 0.2) is 5.16 Å². The molecule has 27 heavy (non-hydrogen) atoms. The number of urea groups is 1. The smallest absolute Gasteiger partial charge is 0.318 e. The molecule has 0 aliphatic heterocycles. The number of amides is 3. The van der Waals surface area contributed by atoms with E-state index in [2.05, 4.69) is 10.3 Å². The molecule has 1 heterocycles. The monoisotopic (exact) mass is 384 g/mol. The molecule has 1 atom stereocenters. The Morgan fingerprint density at radius 3 is 2.59 bits per heavy atom. The number of imide groups is 1. The van der Waals surface area contributed by atoms with Gasteiger partial charge in [0.2, 0.25) is 5.91 Å². The molecule has 8 heteroatoms. The number of ether oxygens (including phenoxy) is 1. The largest absolute Gasteiger partial charge is 0.494 e. The Morgan fingerprint density at radius 2 is 1.93 bits per heavy atom. The maximum Gasteiger partial charge on any atom is 0.318 e. The van der Waals surface area contributed by atoms with E-state index in [9.17, 15) is 9.59 Å². The minimum absolute atomic E-state index is 0.460. The number of nitrogens with one attached hydrogen (secondary N) is 1. The summed E-state index contributed by atoms with van der Waals surface area (Å²) in [5, 5.41) is 2.20. The third-order valence-electron chi connectivity index (χ3n) is 3.83. The van der Waals surface area contributed by atoms with Crippen LogP contribution in [0.3, 0.4) is 0 Å². The van der Waals surface area contributed by atoms with Crippen molar-refractivity contribution < 1.29 is 14.3 Å². The summed E-state index contributed by atoms with van der Waals surface area (Å²) in [6, 6.07) is 14.5. The van der Waals surface area contributed by atoms with Crippen LogP contribution in [0.15, 0.2) is 53.7 Å². The van der Waals surface area contributed by atoms with Crippen molar-refractivity contribution in [2.75, 3.05) is 6.61 Å². The summed E-state index contributed by atoms with van der Waals surface area (Å²) in [5.41, 5.74) is 7.67. The fourth-order valence-corrected chi connectivity index (χ4v) is 3.57. The first kappa shape index (κ1) is 18.8. The number of para-hydroxylation sites is 2. The lowest BCUT2D eigenvalue weighted by Crippen LogP contribution is -2.39. The fourth-order valence-electron chi connectivity index (χ4n) is 2.63. The Kier molecular flexibility index (Phi) is 5.66.